The smallest absolute Gasteiger partial charge is 0.270 e. The summed E-state index contributed by atoms with van der Waals surface area (Å²) >= 11 is 0. The van der Waals surface area contributed by atoms with Crippen molar-refractivity contribution in [2.45, 2.75) is 44.7 Å². The molecule has 2 aliphatic rings. The van der Waals surface area contributed by atoms with Crippen LogP contribution in [0, 0.1) is 11.3 Å². The van der Waals surface area contributed by atoms with E-state index in [4.69, 9.17) is 10.4 Å². The summed E-state index contributed by atoms with van der Waals surface area (Å²) in [6.07, 6.45) is 3.20. The Hall–Kier alpha value is -2.70. The van der Waals surface area contributed by atoms with Crippen molar-refractivity contribution in [3.05, 3.63) is 41.1 Å². The fourth-order valence-electron chi connectivity index (χ4n) is 3.78. The molecular weight excluding hydrogens is 402 g/mol. The van der Waals surface area contributed by atoms with E-state index < -0.39 is 10.0 Å². The molecule has 158 valence electrons. The Morgan fingerprint density at radius 1 is 1.23 bits per heavy atom. The number of hydrogen-bond acceptors (Lipinski definition) is 5. The second-order valence-corrected chi connectivity index (χ2v) is 10.3. The zero-order valence-corrected chi connectivity index (χ0v) is 18.1. The third-order valence-corrected chi connectivity index (χ3v) is 6.81. The van der Waals surface area contributed by atoms with Gasteiger partial charge in [-0.05, 0) is 44.7 Å². The number of aromatic nitrogens is 2. The maximum atomic E-state index is 13.2. The monoisotopic (exact) mass is 427 g/mol. The van der Waals surface area contributed by atoms with E-state index in [1.165, 1.54) is 10.6 Å². The van der Waals surface area contributed by atoms with Gasteiger partial charge in [-0.1, -0.05) is 12.1 Å². The maximum absolute atomic E-state index is 13.2. The zero-order valence-electron chi connectivity index (χ0n) is 17.3. The number of nitrogens with one attached hydrogen (secondary N) is 1. The number of rotatable bonds is 6. The molecule has 1 aromatic heterocycles. The highest BCUT2D eigenvalue weighted by molar-refractivity contribution is 7.88. The first-order valence-electron chi connectivity index (χ1n) is 10.1. The van der Waals surface area contributed by atoms with Crippen LogP contribution in [-0.4, -0.2) is 53.8 Å². The second-order valence-electron chi connectivity index (χ2n) is 8.36. The fourth-order valence-corrected chi connectivity index (χ4v) is 4.68. The molecule has 2 aromatic rings. The van der Waals surface area contributed by atoms with Gasteiger partial charge in [0.05, 0.1) is 29.6 Å². The van der Waals surface area contributed by atoms with Crippen LogP contribution >= 0.6 is 0 Å². The van der Waals surface area contributed by atoms with E-state index in [0.717, 1.165) is 29.7 Å². The molecule has 0 bridgehead atoms. The van der Waals surface area contributed by atoms with Gasteiger partial charge in [-0.3, -0.25) is 9.48 Å². The Morgan fingerprint density at radius 2 is 1.87 bits per heavy atom. The Balaban J connectivity index is 1.67. The number of nitrogens with zero attached hydrogens (tertiary/aromatic N) is 4. The molecule has 0 atom stereocenters. The molecule has 1 saturated carbocycles. The fraction of sp³-hybridized carbons (Fsp3) is 0.476. The standard InChI is InChI=1S/C21H25N5O3S/c1-13(2)26-20(21(27)23-17-11-25(12-17)30(3,28)29)18(15-8-9-15)19(24-26)16-6-4-14(10-22)5-7-16/h4-7,13,15,17H,8-9,11-12H2,1-3H3,(H,23,27). The van der Waals surface area contributed by atoms with E-state index >= 15 is 0 Å². The summed E-state index contributed by atoms with van der Waals surface area (Å²) in [6, 6.07) is 9.17. The molecule has 1 aromatic carbocycles. The molecule has 1 N–H and O–H groups in total. The van der Waals surface area contributed by atoms with Gasteiger partial charge in [0.15, 0.2) is 0 Å². The van der Waals surface area contributed by atoms with E-state index in [1.54, 1.807) is 16.8 Å². The van der Waals surface area contributed by atoms with Crippen molar-refractivity contribution in [3.63, 3.8) is 0 Å². The molecule has 0 radical (unpaired) electrons. The van der Waals surface area contributed by atoms with Crippen molar-refractivity contribution >= 4 is 15.9 Å². The molecule has 8 nitrogen and oxygen atoms in total. The van der Waals surface area contributed by atoms with Crippen LogP contribution in [0.1, 0.15) is 60.3 Å². The van der Waals surface area contributed by atoms with Gasteiger partial charge in [-0.2, -0.15) is 14.7 Å². The Kier molecular flexibility index (Phi) is 5.16. The lowest BCUT2D eigenvalue weighted by molar-refractivity contribution is 0.0882. The molecular formula is C21H25N5O3S. The molecule has 1 aliphatic carbocycles. The van der Waals surface area contributed by atoms with Gasteiger partial charge in [0.1, 0.15) is 5.69 Å². The highest BCUT2D eigenvalue weighted by Gasteiger charge is 2.39. The van der Waals surface area contributed by atoms with Crippen LogP contribution in [-0.2, 0) is 10.0 Å². The predicted molar refractivity (Wildman–Crippen MR) is 112 cm³/mol. The van der Waals surface area contributed by atoms with Gasteiger partial charge in [0.2, 0.25) is 10.0 Å². The van der Waals surface area contributed by atoms with Crippen LogP contribution in [0.2, 0.25) is 0 Å². The number of benzene rings is 1. The van der Waals surface area contributed by atoms with Gasteiger partial charge >= 0.3 is 0 Å². The number of nitriles is 1. The third kappa shape index (κ3) is 3.85. The van der Waals surface area contributed by atoms with Crippen LogP contribution in [0.5, 0.6) is 0 Å². The van der Waals surface area contributed by atoms with Gasteiger partial charge in [-0.25, -0.2) is 8.42 Å². The van der Waals surface area contributed by atoms with E-state index in [9.17, 15) is 13.2 Å². The van der Waals surface area contributed by atoms with Crippen molar-refractivity contribution in [2.75, 3.05) is 19.3 Å². The number of carbonyl (C=O) groups is 1. The second kappa shape index (κ2) is 7.52. The SMILES string of the molecule is CC(C)n1nc(-c2ccc(C#N)cc2)c(C2CC2)c1C(=O)NC1CN(S(C)(=O)=O)C1. The molecule has 1 aliphatic heterocycles. The summed E-state index contributed by atoms with van der Waals surface area (Å²) in [5, 5.41) is 16.8. The molecule has 4 rings (SSSR count). The number of sulfonamides is 1. The summed E-state index contributed by atoms with van der Waals surface area (Å²) in [5.74, 6) is 0.0777. The van der Waals surface area contributed by atoms with E-state index in [2.05, 4.69) is 11.4 Å². The lowest BCUT2D eigenvalue weighted by Gasteiger charge is -2.37. The topological polar surface area (TPSA) is 108 Å². The lowest BCUT2D eigenvalue weighted by Crippen LogP contribution is -2.60. The minimum Gasteiger partial charge on any atom is -0.345 e. The Morgan fingerprint density at radius 3 is 2.37 bits per heavy atom. The van der Waals surface area contributed by atoms with Crippen LogP contribution in [0.15, 0.2) is 24.3 Å². The maximum Gasteiger partial charge on any atom is 0.270 e. The molecule has 0 spiro atoms. The van der Waals surface area contributed by atoms with Gasteiger partial charge in [0, 0.05) is 30.3 Å². The minimum absolute atomic E-state index is 0.00992. The van der Waals surface area contributed by atoms with Crippen molar-refractivity contribution in [1.29, 1.82) is 5.26 Å². The quantitative estimate of drug-likeness (QED) is 0.761. The van der Waals surface area contributed by atoms with Crippen molar-refractivity contribution in [3.8, 4) is 17.3 Å². The summed E-state index contributed by atoms with van der Waals surface area (Å²) in [7, 11) is -3.23. The summed E-state index contributed by atoms with van der Waals surface area (Å²) < 4.78 is 26.3. The van der Waals surface area contributed by atoms with Crippen LogP contribution in [0.25, 0.3) is 11.3 Å². The highest BCUT2D eigenvalue weighted by atomic mass is 32.2. The van der Waals surface area contributed by atoms with E-state index in [-0.39, 0.29) is 23.9 Å². The lowest BCUT2D eigenvalue weighted by atomic mass is 10.0. The number of hydrogen-bond donors (Lipinski definition) is 1. The molecule has 1 saturated heterocycles. The third-order valence-electron chi connectivity index (χ3n) is 5.58. The van der Waals surface area contributed by atoms with E-state index in [1.807, 2.05) is 26.0 Å². The molecule has 2 fully saturated rings. The summed E-state index contributed by atoms with van der Waals surface area (Å²) in [4.78, 5) is 13.2. The normalized spacial score (nSPS) is 17.6. The average Bonchev–Trinajstić information content (AvgIpc) is 3.41. The van der Waals surface area contributed by atoms with Gasteiger partial charge < -0.3 is 5.32 Å². The van der Waals surface area contributed by atoms with Crippen LogP contribution in [0.4, 0.5) is 0 Å². The predicted octanol–water partition coefficient (Wildman–Crippen LogP) is 2.25. The largest absolute Gasteiger partial charge is 0.345 e. The Bertz CT molecular complexity index is 1120. The first kappa shape index (κ1) is 20.6. The van der Waals surface area contributed by atoms with Crippen molar-refractivity contribution in [2.24, 2.45) is 0 Å². The Labute approximate surface area is 176 Å². The summed E-state index contributed by atoms with van der Waals surface area (Å²) in [5.41, 5.74) is 3.76. The molecule has 0 unspecified atom stereocenters. The van der Waals surface area contributed by atoms with Gasteiger partial charge in [0.25, 0.3) is 5.91 Å². The van der Waals surface area contributed by atoms with Gasteiger partial charge in [-0.15, -0.1) is 0 Å². The summed E-state index contributed by atoms with van der Waals surface area (Å²) in [6.45, 7) is 4.55. The molecule has 30 heavy (non-hydrogen) atoms. The van der Waals surface area contributed by atoms with Crippen molar-refractivity contribution in [1.82, 2.24) is 19.4 Å². The molecule has 9 heteroatoms. The van der Waals surface area contributed by atoms with Crippen LogP contribution < -0.4 is 5.32 Å². The van der Waals surface area contributed by atoms with Crippen molar-refractivity contribution < 1.29 is 13.2 Å². The molecule has 1 amide bonds. The highest BCUT2D eigenvalue weighted by Crippen LogP contribution is 2.46. The number of carbonyl (C=O) groups excluding carboxylic acids is 1. The minimum atomic E-state index is -3.23. The average molecular weight is 428 g/mol. The molecule has 2 heterocycles. The van der Waals surface area contributed by atoms with Crippen LogP contribution in [0.3, 0.4) is 0 Å². The first-order valence-corrected chi connectivity index (χ1v) is 11.9. The zero-order chi connectivity index (χ0) is 21.6. The van der Waals surface area contributed by atoms with E-state index in [0.29, 0.717) is 24.3 Å². The first-order chi connectivity index (χ1) is 14.2. The number of amides is 1.